The van der Waals surface area contributed by atoms with E-state index >= 15 is 0 Å². The van der Waals surface area contributed by atoms with Crippen LogP contribution in [-0.2, 0) is 0 Å². The van der Waals surface area contributed by atoms with Crippen molar-refractivity contribution in [3.63, 3.8) is 0 Å². The first-order chi connectivity index (χ1) is 6.38. The molecule has 0 aliphatic heterocycles. The van der Waals surface area contributed by atoms with Crippen LogP contribution < -0.4 is 0 Å². The van der Waals surface area contributed by atoms with Crippen LogP contribution in [0.1, 0.15) is 24.0 Å². The van der Waals surface area contributed by atoms with Crippen molar-refractivity contribution in [2.45, 2.75) is 12.8 Å². The van der Waals surface area contributed by atoms with Gasteiger partial charge in [0.15, 0.2) is 0 Å². The fraction of sp³-hybridized carbons (Fsp3) is 0.167. The summed E-state index contributed by atoms with van der Waals surface area (Å²) in [5.41, 5.74) is 5.95. The Balaban J connectivity index is 2.34. The molecular weight excluding hydrogens is 271 g/mol. The molecule has 0 bridgehead atoms. The molecule has 0 N–H and O–H groups in total. The smallest absolute Gasteiger partial charge is 0.0247 e. The third-order valence-corrected chi connectivity index (χ3v) is 4.02. The van der Waals surface area contributed by atoms with Crippen LogP contribution in [0.4, 0.5) is 0 Å². The predicted molar refractivity (Wildman–Crippen MR) is 64.6 cm³/mol. The highest BCUT2D eigenvalue weighted by Gasteiger charge is 2.26. The summed E-state index contributed by atoms with van der Waals surface area (Å²) in [6.07, 6.45) is 4.84. The van der Waals surface area contributed by atoms with E-state index < -0.39 is 0 Å². The first kappa shape index (κ1) is 7.80. The highest BCUT2D eigenvalue weighted by atomic mass is 127. The summed E-state index contributed by atoms with van der Waals surface area (Å²) in [4.78, 5) is 0. The van der Waals surface area contributed by atoms with Crippen molar-refractivity contribution in [2.75, 3.05) is 0 Å². The number of benzene rings is 1. The molecule has 0 fully saturated rings. The Kier molecular flexibility index (Phi) is 1.62. The van der Waals surface area contributed by atoms with Crippen molar-refractivity contribution in [1.82, 2.24) is 0 Å². The van der Waals surface area contributed by atoms with E-state index in [1.165, 1.54) is 33.1 Å². The molecule has 0 heterocycles. The lowest BCUT2D eigenvalue weighted by Gasteiger charge is -1.98. The fourth-order valence-electron chi connectivity index (χ4n) is 2.19. The highest BCUT2D eigenvalue weighted by molar-refractivity contribution is 14.1. The van der Waals surface area contributed by atoms with Crippen molar-refractivity contribution in [3.8, 4) is 0 Å². The Bertz CT molecular complexity index is 435. The molecule has 13 heavy (non-hydrogen) atoms. The van der Waals surface area contributed by atoms with E-state index in [1.807, 2.05) is 0 Å². The van der Waals surface area contributed by atoms with Gasteiger partial charge in [0.25, 0.3) is 0 Å². The molecule has 2 aliphatic rings. The van der Waals surface area contributed by atoms with Crippen LogP contribution in [0.2, 0.25) is 0 Å². The summed E-state index contributed by atoms with van der Waals surface area (Å²) < 4.78 is 1.47. The zero-order chi connectivity index (χ0) is 8.84. The lowest BCUT2D eigenvalue weighted by molar-refractivity contribution is 1.07. The first-order valence-corrected chi connectivity index (χ1v) is 5.65. The molecule has 0 nitrogen and oxygen atoms in total. The molecule has 0 radical (unpaired) electrons. The van der Waals surface area contributed by atoms with E-state index in [2.05, 4.69) is 52.9 Å². The molecule has 0 saturated carbocycles. The van der Waals surface area contributed by atoms with Crippen molar-refractivity contribution in [3.05, 3.63) is 47.0 Å². The normalized spacial score (nSPS) is 18.7. The highest BCUT2D eigenvalue weighted by Crippen LogP contribution is 2.49. The van der Waals surface area contributed by atoms with Crippen molar-refractivity contribution in [2.24, 2.45) is 0 Å². The maximum atomic E-state index is 2.48. The van der Waals surface area contributed by atoms with Gasteiger partial charge in [-0.2, -0.15) is 0 Å². The quantitative estimate of drug-likeness (QED) is 0.629. The van der Waals surface area contributed by atoms with Gasteiger partial charge in [-0.1, -0.05) is 30.3 Å². The molecule has 64 valence electrons. The summed E-state index contributed by atoms with van der Waals surface area (Å²) in [5, 5.41) is 0. The molecular formula is C12H9I. The Morgan fingerprint density at radius 2 is 1.85 bits per heavy atom. The SMILES string of the molecule is IC1=C2CCC=C2c2ccccc21. The zero-order valence-electron chi connectivity index (χ0n) is 7.18. The summed E-state index contributed by atoms with van der Waals surface area (Å²) >= 11 is 2.48. The number of allylic oxidation sites excluding steroid dienone is 3. The van der Waals surface area contributed by atoms with E-state index in [9.17, 15) is 0 Å². The number of halogens is 1. The van der Waals surface area contributed by atoms with Crippen LogP contribution in [0.15, 0.2) is 35.9 Å². The number of rotatable bonds is 0. The molecule has 0 unspecified atom stereocenters. The van der Waals surface area contributed by atoms with Crippen LogP contribution in [-0.4, -0.2) is 0 Å². The van der Waals surface area contributed by atoms with E-state index in [-0.39, 0.29) is 0 Å². The minimum atomic E-state index is 1.23. The topological polar surface area (TPSA) is 0 Å². The van der Waals surface area contributed by atoms with Gasteiger partial charge in [0.1, 0.15) is 0 Å². The molecule has 0 spiro atoms. The Labute approximate surface area is 91.5 Å². The van der Waals surface area contributed by atoms with E-state index in [4.69, 9.17) is 0 Å². The Morgan fingerprint density at radius 3 is 2.69 bits per heavy atom. The molecule has 0 atom stereocenters. The van der Waals surface area contributed by atoms with Crippen LogP contribution >= 0.6 is 22.6 Å². The predicted octanol–water partition coefficient (Wildman–Crippen LogP) is 4.02. The van der Waals surface area contributed by atoms with Gasteiger partial charge in [0.05, 0.1) is 0 Å². The molecule has 1 aromatic carbocycles. The third kappa shape index (κ3) is 0.966. The molecule has 1 heteroatoms. The monoisotopic (exact) mass is 280 g/mol. The van der Waals surface area contributed by atoms with Gasteiger partial charge in [0, 0.05) is 3.58 Å². The number of fused-ring (bicyclic) bond motifs is 3. The van der Waals surface area contributed by atoms with Crippen LogP contribution in [0.3, 0.4) is 0 Å². The molecule has 0 amide bonds. The summed E-state index contributed by atoms with van der Waals surface area (Å²) in [6.45, 7) is 0. The van der Waals surface area contributed by atoms with E-state index in [1.54, 1.807) is 5.57 Å². The second kappa shape index (κ2) is 2.71. The van der Waals surface area contributed by atoms with Gasteiger partial charge >= 0.3 is 0 Å². The first-order valence-electron chi connectivity index (χ1n) is 4.57. The molecule has 1 aromatic rings. The maximum Gasteiger partial charge on any atom is 0.0247 e. The standard InChI is InChI=1S/C12H9I/c13-12-10-5-2-1-4-8(10)9-6-3-7-11(9)12/h1-2,4-6H,3,7H2. The fourth-order valence-corrected chi connectivity index (χ4v) is 3.22. The molecule has 3 rings (SSSR count). The minimum absolute atomic E-state index is 1.23. The van der Waals surface area contributed by atoms with Gasteiger partial charge in [-0.15, -0.1) is 0 Å². The van der Waals surface area contributed by atoms with Crippen molar-refractivity contribution < 1.29 is 0 Å². The second-order valence-electron chi connectivity index (χ2n) is 3.49. The lowest BCUT2D eigenvalue weighted by Crippen LogP contribution is -1.78. The largest absolute Gasteiger partial charge is 0.0760 e. The summed E-state index contributed by atoms with van der Waals surface area (Å²) in [5.74, 6) is 0. The summed E-state index contributed by atoms with van der Waals surface area (Å²) in [7, 11) is 0. The van der Waals surface area contributed by atoms with E-state index in [0.29, 0.717) is 0 Å². The van der Waals surface area contributed by atoms with Crippen LogP contribution in [0, 0.1) is 0 Å². The van der Waals surface area contributed by atoms with Gasteiger partial charge in [0.2, 0.25) is 0 Å². The van der Waals surface area contributed by atoms with Gasteiger partial charge in [-0.05, 0) is 57.7 Å². The van der Waals surface area contributed by atoms with Crippen LogP contribution in [0.5, 0.6) is 0 Å². The van der Waals surface area contributed by atoms with E-state index in [0.717, 1.165) is 0 Å². The minimum Gasteiger partial charge on any atom is -0.0760 e. The maximum absolute atomic E-state index is 2.48. The second-order valence-corrected chi connectivity index (χ2v) is 4.57. The van der Waals surface area contributed by atoms with Gasteiger partial charge in [-0.3, -0.25) is 0 Å². The molecule has 0 aromatic heterocycles. The average molecular weight is 280 g/mol. The Hall–Kier alpha value is -0.570. The lowest BCUT2D eigenvalue weighted by atomic mass is 10.1. The van der Waals surface area contributed by atoms with Crippen LogP contribution in [0.25, 0.3) is 9.15 Å². The third-order valence-electron chi connectivity index (χ3n) is 2.79. The number of hydrogen-bond donors (Lipinski definition) is 0. The Morgan fingerprint density at radius 1 is 1.08 bits per heavy atom. The van der Waals surface area contributed by atoms with Gasteiger partial charge in [-0.25, -0.2) is 0 Å². The molecule has 2 aliphatic carbocycles. The van der Waals surface area contributed by atoms with Crippen molar-refractivity contribution >= 4 is 31.7 Å². The average Bonchev–Trinajstić information content (AvgIpc) is 2.72. The zero-order valence-corrected chi connectivity index (χ0v) is 9.34. The van der Waals surface area contributed by atoms with Gasteiger partial charge < -0.3 is 0 Å². The number of hydrogen-bond acceptors (Lipinski definition) is 0. The molecule has 0 saturated heterocycles. The van der Waals surface area contributed by atoms with Crippen molar-refractivity contribution in [1.29, 1.82) is 0 Å². The summed E-state index contributed by atoms with van der Waals surface area (Å²) in [6, 6.07) is 8.71.